The summed E-state index contributed by atoms with van der Waals surface area (Å²) in [6.45, 7) is 0. The molecule has 1 aromatic carbocycles. The summed E-state index contributed by atoms with van der Waals surface area (Å²) in [5, 5.41) is 11.8. The molecule has 7 heteroatoms. The van der Waals surface area contributed by atoms with E-state index in [0.717, 1.165) is 16.4 Å². The Labute approximate surface area is 95.1 Å². The van der Waals surface area contributed by atoms with Crippen molar-refractivity contribution >= 4 is 5.78 Å². The summed E-state index contributed by atoms with van der Waals surface area (Å²) in [7, 11) is 0. The van der Waals surface area contributed by atoms with Gasteiger partial charge < -0.3 is 5.84 Å². The smallest absolute Gasteiger partial charge is 0.292 e. The van der Waals surface area contributed by atoms with Gasteiger partial charge in [0, 0.05) is 5.56 Å². The second-order valence-electron chi connectivity index (χ2n) is 3.45. The molecule has 0 unspecified atom stereocenters. The Morgan fingerprint density at radius 3 is 2.65 bits per heavy atom. The topological polar surface area (TPSA) is 91.1 Å². The van der Waals surface area contributed by atoms with Gasteiger partial charge in [0.2, 0.25) is 0 Å². The highest BCUT2D eigenvalue weighted by Gasteiger charge is 2.11. The predicted molar refractivity (Wildman–Crippen MR) is 60.6 cm³/mol. The number of nitrogens with two attached hydrogens (primary N) is 1. The molecule has 0 saturated heterocycles. The standard InChI is InChI=1S/C10H8N6O/c11-15-8(17)6-12-16-9(13-14-10(15)16)7-4-2-1-3-5-7/h1-6H,11H2. The summed E-state index contributed by atoms with van der Waals surface area (Å²) in [5.41, 5.74) is 0.427. The van der Waals surface area contributed by atoms with E-state index in [9.17, 15) is 4.79 Å². The maximum absolute atomic E-state index is 11.3. The summed E-state index contributed by atoms with van der Waals surface area (Å²) in [5.74, 6) is 6.30. The zero-order chi connectivity index (χ0) is 11.8. The Hall–Kier alpha value is -2.70. The highest BCUT2D eigenvalue weighted by molar-refractivity contribution is 5.57. The first-order chi connectivity index (χ1) is 8.27. The molecule has 2 aromatic heterocycles. The molecular formula is C10H8N6O. The van der Waals surface area contributed by atoms with Gasteiger partial charge in [0.15, 0.2) is 5.82 Å². The molecule has 0 amide bonds. The number of aromatic nitrogens is 5. The van der Waals surface area contributed by atoms with Gasteiger partial charge in [0.1, 0.15) is 6.20 Å². The summed E-state index contributed by atoms with van der Waals surface area (Å²) in [6, 6.07) is 9.43. The molecule has 3 rings (SSSR count). The summed E-state index contributed by atoms with van der Waals surface area (Å²) < 4.78 is 2.34. The fourth-order valence-electron chi connectivity index (χ4n) is 1.56. The van der Waals surface area contributed by atoms with E-state index in [1.54, 1.807) is 0 Å². The molecule has 0 saturated carbocycles. The van der Waals surface area contributed by atoms with Crippen molar-refractivity contribution in [3.05, 3.63) is 46.9 Å². The SMILES string of the molecule is Nn1c(=O)cnn2c(-c3ccccc3)nnc12. The number of hydrogen-bond acceptors (Lipinski definition) is 5. The largest absolute Gasteiger partial charge is 0.333 e. The molecule has 7 nitrogen and oxygen atoms in total. The lowest BCUT2D eigenvalue weighted by molar-refractivity contribution is 0.814. The molecule has 0 atom stereocenters. The Kier molecular flexibility index (Phi) is 1.91. The maximum Gasteiger partial charge on any atom is 0.292 e. The third kappa shape index (κ3) is 1.36. The predicted octanol–water partition coefficient (Wildman–Crippen LogP) is -0.333. The summed E-state index contributed by atoms with van der Waals surface area (Å²) in [6.07, 6.45) is 1.13. The van der Waals surface area contributed by atoms with Gasteiger partial charge in [0.05, 0.1) is 0 Å². The van der Waals surface area contributed by atoms with Crippen LogP contribution >= 0.6 is 0 Å². The van der Waals surface area contributed by atoms with Gasteiger partial charge in [-0.25, -0.2) is 0 Å². The number of fused-ring (bicyclic) bond motifs is 1. The van der Waals surface area contributed by atoms with Crippen LogP contribution in [0.3, 0.4) is 0 Å². The number of benzene rings is 1. The first kappa shape index (κ1) is 9.52. The molecule has 0 aliphatic rings. The van der Waals surface area contributed by atoms with E-state index in [1.807, 2.05) is 30.3 Å². The summed E-state index contributed by atoms with van der Waals surface area (Å²) in [4.78, 5) is 11.3. The Bertz CT molecular complexity index is 729. The fraction of sp³-hybridized carbons (Fsp3) is 0. The number of hydrogen-bond donors (Lipinski definition) is 1. The van der Waals surface area contributed by atoms with Crippen molar-refractivity contribution < 1.29 is 0 Å². The lowest BCUT2D eigenvalue weighted by atomic mass is 10.2. The molecule has 84 valence electrons. The molecule has 0 aliphatic carbocycles. The van der Waals surface area contributed by atoms with Gasteiger partial charge in [-0.2, -0.15) is 14.3 Å². The van der Waals surface area contributed by atoms with Crippen molar-refractivity contribution in [3.63, 3.8) is 0 Å². The molecule has 0 aliphatic heterocycles. The lowest BCUT2D eigenvalue weighted by Crippen LogP contribution is -2.29. The van der Waals surface area contributed by atoms with E-state index in [4.69, 9.17) is 5.84 Å². The third-order valence-corrected chi connectivity index (χ3v) is 2.39. The normalized spacial score (nSPS) is 10.8. The molecule has 17 heavy (non-hydrogen) atoms. The minimum Gasteiger partial charge on any atom is -0.333 e. The average molecular weight is 228 g/mol. The van der Waals surface area contributed by atoms with Crippen LogP contribution in [0.15, 0.2) is 41.3 Å². The second-order valence-corrected chi connectivity index (χ2v) is 3.45. The van der Waals surface area contributed by atoms with Crippen molar-refractivity contribution in [2.75, 3.05) is 5.84 Å². The summed E-state index contributed by atoms with van der Waals surface area (Å²) >= 11 is 0. The molecule has 0 radical (unpaired) electrons. The number of rotatable bonds is 1. The van der Waals surface area contributed by atoms with Gasteiger partial charge in [-0.15, -0.1) is 10.2 Å². The average Bonchev–Trinajstić information content (AvgIpc) is 2.79. The minimum absolute atomic E-state index is 0.205. The van der Waals surface area contributed by atoms with E-state index >= 15 is 0 Å². The lowest BCUT2D eigenvalue weighted by Gasteiger charge is -2.00. The maximum atomic E-state index is 11.3. The van der Waals surface area contributed by atoms with Gasteiger partial charge in [0.25, 0.3) is 11.3 Å². The Morgan fingerprint density at radius 2 is 1.88 bits per heavy atom. The molecule has 0 fully saturated rings. The van der Waals surface area contributed by atoms with Gasteiger partial charge >= 0.3 is 0 Å². The van der Waals surface area contributed by atoms with Crippen LogP contribution in [0.4, 0.5) is 0 Å². The van der Waals surface area contributed by atoms with Crippen molar-refractivity contribution in [2.24, 2.45) is 0 Å². The Balaban J connectivity index is 2.34. The van der Waals surface area contributed by atoms with Crippen LogP contribution in [-0.4, -0.2) is 24.5 Å². The first-order valence-corrected chi connectivity index (χ1v) is 4.91. The van der Waals surface area contributed by atoms with E-state index in [1.165, 1.54) is 4.52 Å². The monoisotopic (exact) mass is 228 g/mol. The highest BCUT2D eigenvalue weighted by atomic mass is 16.1. The minimum atomic E-state index is -0.426. The molecule has 3 aromatic rings. The van der Waals surface area contributed by atoms with E-state index < -0.39 is 5.56 Å². The van der Waals surface area contributed by atoms with Crippen LogP contribution in [-0.2, 0) is 0 Å². The number of nitrogens with zero attached hydrogens (tertiary/aromatic N) is 5. The van der Waals surface area contributed by atoms with Crippen LogP contribution in [0.2, 0.25) is 0 Å². The van der Waals surface area contributed by atoms with Gasteiger partial charge in [-0.1, -0.05) is 30.3 Å². The zero-order valence-electron chi connectivity index (χ0n) is 8.69. The third-order valence-electron chi connectivity index (χ3n) is 2.39. The van der Waals surface area contributed by atoms with Crippen molar-refractivity contribution in [1.29, 1.82) is 0 Å². The van der Waals surface area contributed by atoms with Crippen LogP contribution in [0, 0.1) is 0 Å². The van der Waals surface area contributed by atoms with E-state index in [0.29, 0.717) is 5.82 Å². The van der Waals surface area contributed by atoms with Gasteiger partial charge in [-0.3, -0.25) is 4.79 Å². The zero-order valence-corrected chi connectivity index (χ0v) is 8.69. The van der Waals surface area contributed by atoms with E-state index in [2.05, 4.69) is 15.3 Å². The van der Waals surface area contributed by atoms with Crippen LogP contribution in [0.5, 0.6) is 0 Å². The Morgan fingerprint density at radius 1 is 1.12 bits per heavy atom. The van der Waals surface area contributed by atoms with Crippen molar-refractivity contribution in [1.82, 2.24) is 24.5 Å². The fourth-order valence-corrected chi connectivity index (χ4v) is 1.56. The van der Waals surface area contributed by atoms with E-state index in [-0.39, 0.29) is 5.78 Å². The van der Waals surface area contributed by atoms with Crippen LogP contribution in [0.25, 0.3) is 17.2 Å². The first-order valence-electron chi connectivity index (χ1n) is 4.91. The quantitative estimate of drug-likeness (QED) is 0.576. The van der Waals surface area contributed by atoms with Crippen molar-refractivity contribution in [3.8, 4) is 11.4 Å². The molecule has 2 heterocycles. The molecular weight excluding hydrogens is 220 g/mol. The van der Waals surface area contributed by atoms with Gasteiger partial charge in [-0.05, 0) is 0 Å². The molecule has 2 N–H and O–H groups in total. The van der Waals surface area contributed by atoms with Crippen LogP contribution in [0.1, 0.15) is 0 Å². The van der Waals surface area contributed by atoms with Crippen LogP contribution < -0.4 is 11.4 Å². The molecule has 0 bridgehead atoms. The second kappa shape index (κ2) is 3.41. The highest BCUT2D eigenvalue weighted by Crippen LogP contribution is 2.15. The van der Waals surface area contributed by atoms with Crippen molar-refractivity contribution in [2.45, 2.75) is 0 Å². The molecule has 0 spiro atoms. The number of nitrogen functional groups attached to an aromatic ring is 1.